The van der Waals surface area contributed by atoms with Crippen molar-refractivity contribution in [1.82, 2.24) is 4.98 Å². The van der Waals surface area contributed by atoms with Crippen molar-refractivity contribution in [3.8, 4) is 17.2 Å². The molecule has 0 bridgehead atoms. The molecule has 0 aliphatic carbocycles. The molecule has 1 N–H and O–H groups in total. The molecule has 1 aromatic heterocycles. The van der Waals surface area contributed by atoms with Gasteiger partial charge in [0.25, 0.3) is 0 Å². The van der Waals surface area contributed by atoms with E-state index in [9.17, 15) is 0 Å². The normalized spacial score (nSPS) is 15.4. The first-order chi connectivity index (χ1) is 12.2. The van der Waals surface area contributed by atoms with Gasteiger partial charge in [0.15, 0.2) is 5.82 Å². The smallest absolute Gasteiger partial charge is 0.152 e. The standard InChI is InChI=1S/C21H18N4/c1-15-23-21-20(12-11-19(13-22)24-21)25(15)14-16-7-9-18(10-8-16)17-5-3-2-4-6-17/h2-12,15H,14H2,1H3,(H,23,24). The number of pyridine rings is 1. The van der Waals surface area contributed by atoms with Crippen LogP contribution in [0.2, 0.25) is 0 Å². The van der Waals surface area contributed by atoms with E-state index in [2.05, 4.69) is 76.7 Å². The van der Waals surface area contributed by atoms with Gasteiger partial charge in [-0.25, -0.2) is 4.98 Å². The Kier molecular flexibility index (Phi) is 3.83. The van der Waals surface area contributed by atoms with Crippen LogP contribution in [-0.2, 0) is 6.54 Å². The molecule has 1 aliphatic heterocycles. The lowest BCUT2D eigenvalue weighted by Gasteiger charge is -2.23. The summed E-state index contributed by atoms with van der Waals surface area (Å²) >= 11 is 0. The van der Waals surface area contributed by atoms with Gasteiger partial charge in [0, 0.05) is 6.54 Å². The van der Waals surface area contributed by atoms with Crippen molar-refractivity contribution in [2.45, 2.75) is 19.6 Å². The van der Waals surface area contributed by atoms with E-state index in [4.69, 9.17) is 5.26 Å². The molecule has 4 heteroatoms. The van der Waals surface area contributed by atoms with Crippen molar-refractivity contribution in [2.75, 3.05) is 10.2 Å². The Balaban J connectivity index is 1.56. The average Bonchev–Trinajstić information content (AvgIpc) is 2.97. The highest BCUT2D eigenvalue weighted by molar-refractivity contribution is 5.73. The predicted molar refractivity (Wildman–Crippen MR) is 100 cm³/mol. The van der Waals surface area contributed by atoms with Crippen LogP contribution in [0, 0.1) is 11.3 Å². The minimum Gasteiger partial charge on any atom is -0.348 e. The highest BCUT2D eigenvalue weighted by Crippen LogP contribution is 2.34. The second-order valence-electron chi connectivity index (χ2n) is 6.19. The van der Waals surface area contributed by atoms with Gasteiger partial charge in [-0.15, -0.1) is 0 Å². The first kappa shape index (κ1) is 15.2. The van der Waals surface area contributed by atoms with E-state index in [1.54, 1.807) is 6.07 Å². The van der Waals surface area contributed by atoms with Crippen molar-refractivity contribution < 1.29 is 0 Å². The molecule has 1 unspecified atom stereocenters. The van der Waals surface area contributed by atoms with Crippen LogP contribution in [0.4, 0.5) is 11.5 Å². The maximum atomic E-state index is 9.00. The summed E-state index contributed by atoms with van der Waals surface area (Å²) in [6.07, 6.45) is 0.144. The summed E-state index contributed by atoms with van der Waals surface area (Å²) in [4.78, 5) is 6.62. The van der Waals surface area contributed by atoms with Gasteiger partial charge < -0.3 is 10.2 Å². The maximum absolute atomic E-state index is 9.00. The highest BCUT2D eigenvalue weighted by atomic mass is 15.3. The van der Waals surface area contributed by atoms with Gasteiger partial charge in [0.2, 0.25) is 0 Å². The van der Waals surface area contributed by atoms with Gasteiger partial charge in [-0.3, -0.25) is 0 Å². The lowest BCUT2D eigenvalue weighted by molar-refractivity contribution is 0.724. The number of nitrogens with zero attached hydrogens (tertiary/aromatic N) is 3. The maximum Gasteiger partial charge on any atom is 0.152 e. The highest BCUT2D eigenvalue weighted by Gasteiger charge is 2.26. The molecule has 1 aliphatic rings. The number of anilines is 2. The van der Waals surface area contributed by atoms with Crippen LogP contribution in [0.1, 0.15) is 18.2 Å². The Morgan fingerprint density at radius 1 is 1.00 bits per heavy atom. The number of hydrogen-bond donors (Lipinski definition) is 1. The molecule has 4 nitrogen and oxygen atoms in total. The molecule has 1 atom stereocenters. The van der Waals surface area contributed by atoms with Crippen molar-refractivity contribution in [1.29, 1.82) is 5.26 Å². The molecule has 122 valence electrons. The number of benzene rings is 2. The SMILES string of the molecule is CC1Nc2nc(C#N)ccc2N1Cc1ccc(-c2ccccc2)cc1. The molecule has 0 spiro atoms. The number of nitriles is 1. The van der Waals surface area contributed by atoms with Gasteiger partial charge in [-0.2, -0.15) is 5.26 Å². The molecule has 2 heterocycles. The van der Waals surface area contributed by atoms with Crippen LogP contribution in [0.5, 0.6) is 0 Å². The molecule has 4 rings (SSSR count). The van der Waals surface area contributed by atoms with Gasteiger partial charge in [0.05, 0.1) is 11.9 Å². The first-order valence-electron chi connectivity index (χ1n) is 8.33. The third kappa shape index (κ3) is 2.92. The fourth-order valence-electron chi connectivity index (χ4n) is 3.19. The Hall–Kier alpha value is -3.32. The van der Waals surface area contributed by atoms with Crippen LogP contribution < -0.4 is 10.2 Å². The number of aromatic nitrogens is 1. The van der Waals surface area contributed by atoms with Crippen LogP contribution >= 0.6 is 0 Å². The zero-order valence-corrected chi connectivity index (χ0v) is 14.0. The number of rotatable bonds is 3. The third-order valence-electron chi connectivity index (χ3n) is 4.53. The van der Waals surface area contributed by atoms with E-state index in [1.165, 1.54) is 16.7 Å². The van der Waals surface area contributed by atoms with Crippen LogP contribution in [0.3, 0.4) is 0 Å². The molecule has 3 aromatic rings. The third-order valence-corrected chi connectivity index (χ3v) is 4.53. The molecular weight excluding hydrogens is 308 g/mol. The fourth-order valence-corrected chi connectivity index (χ4v) is 3.19. The number of fused-ring (bicyclic) bond motifs is 1. The van der Waals surface area contributed by atoms with Crippen molar-refractivity contribution in [3.63, 3.8) is 0 Å². The largest absolute Gasteiger partial charge is 0.348 e. The zero-order valence-electron chi connectivity index (χ0n) is 14.0. The summed E-state index contributed by atoms with van der Waals surface area (Å²) in [7, 11) is 0. The summed E-state index contributed by atoms with van der Waals surface area (Å²) in [6, 6.07) is 24.9. The summed E-state index contributed by atoms with van der Waals surface area (Å²) in [5.74, 6) is 0.785. The van der Waals surface area contributed by atoms with Crippen molar-refractivity contribution in [2.24, 2.45) is 0 Å². The molecule has 0 fully saturated rings. The minimum absolute atomic E-state index is 0.144. The van der Waals surface area contributed by atoms with Gasteiger partial charge in [0.1, 0.15) is 11.8 Å². The first-order valence-corrected chi connectivity index (χ1v) is 8.33. The van der Waals surface area contributed by atoms with Gasteiger partial charge in [-0.1, -0.05) is 54.6 Å². The van der Waals surface area contributed by atoms with E-state index >= 15 is 0 Å². The Bertz CT molecular complexity index is 926. The predicted octanol–water partition coefficient (Wildman–Crippen LogP) is 4.40. The molecule has 0 saturated carbocycles. The molecule has 25 heavy (non-hydrogen) atoms. The Morgan fingerprint density at radius 3 is 2.44 bits per heavy atom. The quantitative estimate of drug-likeness (QED) is 0.775. The van der Waals surface area contributed by atoms with Crippen molar-refractivity contribution in [3.05, 3.63) is 78.0 Å². The average molecular weight is 326 g/mol. The molecule has 2 aromatic carbocycles. The lowest BCUT2D eigenvalue weighted by atomic mass is 10.0. The van der Waals surface area contributed by atoms with Crippen LogP contribution in [-0.4, -0.2) is 11.1 Å². The monoisotopic (exact) mass is 326 g/mol. The zero-order chi connectivity index (χ0) is 17.2. The van der Waals surface area contributed by atoms with Crippen molar-refractivity contribution >= 4 is 11.5 Å². The molecule has 0 amide bonds. The topological polar surface area (TPSA) is 52.0 Å². The molecule has 0 saturated heterocycles. The number of nitrogens with one attached hydrogen (secondary N) is 1. The Morgan fingerprint density at radius 2 is 1.72 bits per heavy atom. The van der Waals surface area contributed by atoms with Crippen LogP contribution in [0.15, 0.2) is 66.7 Å². The summed E-state index contributed by atoms with van der Waals surface area (Å²) in [5, 5.41) is 12.3. The summed E-state index contributed by atoms with van der Waals surface area (Å²) < 4.78 is 0. The van der Waals surface area contributed by atoms with Gasteiger partial charge in [-0.05, 0) is 35.7 Å². The van der Waals surface area contributed by atoms with Gasteiger partial charge >= 0.3 is 0 Å². The number of hydrogen-bond acceptors (Lipinski definition) is 4. The fraction of sp³-hybridized carbons (Fsp3) is 0.143. The van der Waals surface area contributed by atoms with Crippen LogP contribution in [0.25, 0.3) is 11.1 Å². The van der Waals surface area contributed by atoms with E-state index in [0.717, 1.165) is 18.1 Å². The second kappa shape index (κ2) is 6.29. The molecular formula is C21H18N4. The van der Waals surface area contributed by atoms with E-state index in [0.29, 0.717) is 5.69 Å². The molecule has 0 radical (unpaired) electrons. The minimum atomic E-state index is 0.144. The van der Waals surface area contributed by atoms with E-state index < -0.39 is 0 Å². The second-order valence-corrected chi connectivity index (χ2v) is 6.19. The summed E-state index contributed by atoms with van der Waals surface area (Å²) in [5.41, 5.74) is 5.17. The van der Waals surface area contributed by atoms with E-state index in [-0.39, 0.29) is 6.17 Å². The van der Waals surface area contributed by atoms with E-state index in [1.807, 2.05) is 12.1 Å². The summed E-state index contributed by atoms with van der Waals surface area (Å²) in [6.45, 7) is 2.90. The Labute approximate surface area is 147 Å². The lowest BCUT2D eigenvalue weighted by Crippen LogP contribution is -2.32.